The molecule has 0 heterocycles. The molecule has 214 valence electrons. The van der Waals surface area contributed by atoms with E-state index in [4.69, 9.17) is 11.6 Å². The number of benzene rings is 3. The summed E-state index contributed by atoms with van der Waals surface area (Å²) in [5.41, 5.74) is 0.877. The second kappa shape index (κ2) is 13.7. The third-order valence-corrected chi connectivity index (χ3v) is 7.55. The zero-order valence-electron chi connectivity index (χ0n) is 22.5. The van der Waals surface area contributed by atoms with Crippen LogP contribution in [0.1, 0.15) is 25.0 Å². The van der Waals surface area contributed by atoms with Gasteiger partial charge in [0.15, 0.2) is 0 Å². The first kappa shape index (κ1) is 31.0. The fraction of sp³-hybridized carbons (Fsp3) is 0.310. The van der Waals surface area contributed by atoms with Crippen molar-refractivity contribution in [3.8, 4) is 0 Å². The van der Waals surface area contributed by atoms with Crippen molar-refractivity contribution in [1.29, 1.82) is 0 Å². The highest BCUT2D eigenvalue weighted by molar-refractivity contribution is 7.92. The van der Waals surface area contributed by atoms with E-state index in [0.717, 1.165) is 28.3 Å². The van der Waals surface area contributed by atoms with Crippen LogP contribution < -0.4 is 9.62 Å². The zero-order valence-corrected chi connectivity index (χ0v) is 24.1. The van der Waals surface area contributed by atoms with Crippen LogP contribution in [0.3, 0.4) is 0 Å². The molecule has 3 aromatic rings. The van der Waals surface area contributed by atoms with Gasteiger partial charge in [-0.2, -0.15) is 0 Å². The molecular weight excluding hydrogens is 560 g/mol. The molecule has 1 N–H and O–H groups in total. The van der Waals surface area contributed by atoms with Crippen molar-refractivity contribution < 1.29 is 26.8 Å². The molecule has 7 nitrogen and oxygen atoms in total. The Balaban J connectivity index is 2.07. The van der Waals surface area contributed by atoms with Gasteiger partial charge in [-0.15, -0.1) is 0 Å². The van der Waals surface area contributed by atoms with Crippen LogP contribution in [0.2, 0.25) is 5.02 Å². The predicted molar refractivity (Wildman–Crippen MR) is 152 cm³/mol. The third kappa shape index (κ3) is 8.50. The number of nitrogens with one attached hydrogen (secondary N) is 1. The normalized spacial score (nSPS) is 12.2. The Morgan fingerprint density at radius 2 is 1.60 bits per heavy atom. The Morgan fingerprint density at radius 1 is 0.950 bits per heavy atom. The van der Waals surface area contributed by atoms with Crippen molar-refractivity contribution in [2.45, 2.75) is 32.9 Å². The number of amides is 2. The van der Waals surface area contributed by atoms with Gasteiger partial charge in [-0.1, -0.05) is 74.0 Å². The van der Waals surface area contributed by atoms with Gasteiger partial charge in [-0.25, -0.2) is 17.2 Å². The lowest BCUT2D eigenvalue weighted by Gasteiger charge is -2.33. The Labute approximate surface area is 238 Å². The van der Waals surface area contributed by atoms with Gasteiger partial charge in [0.2, 0.25) is 21.8 Å². The molecule has 0 unspecified atom stereocenters. The Morgan fingerprint density at radius 3 is 2.20 bits per heavy atom. The molecule has 3 aromatic carbocycles. The summed E-state index contributed by atoms with van der Waals surface area (Å²) in [4.78, 5) is 28.6. The molecule has 0 aliphatic heterocycles. The fourth-order valence-electron chi connectivity index (χ4n) is 4.04. The predicted octanol–water partition coefficient (Wildman–Crippen LogP) is 4.80. The first-order chi connectivity index (χ1) is 18.9. The molecule has 0 fully saturated rings. The van der Waals surface area contributed by atoms with Crippen LogP contribution in [-0.4, -0.2) is 50.5 Å². The minimum absolute atomic E-state index is 0.0306. The van der Waals surface area contributed by atoms with Gasteiger partial charge in [-0.05, 0) is 35.7 Å². The molecule has 1 atom stereocenters. The van der Waals surface area contributed by atoms with Gasteiger partial charge in [0, 0.05) is 25.1 Å². The molecule has 0 spiro atoms. The van der Waals surface area contributed by atoms with E-state index < -0.39 is 46.1 Å². The number of anilines is 1. The van der Waals surface area contributed by atoms with Gasteiger partial charge >= 0.3 is 0 Å². The standard InChI is InChI=1S/C29H32ClF2N3O4S/c1-20(2)17-33-29(37)27(15-21-9-5-4-6-10-21)34(18-22-11-7-8-12-25(22)31)28(36)19-35(40(3,38)39)23-13-14-26(32)24(30)16-23/h4-14,16,20,27H,15,17-19H2,1-3H3,(H,33,37)/t27-/m0/s1. The maximum atomic E-state index is 14.8. The number of carbonyl (C=O) groups excluding carboxylic acids is 2. The molecule has 0 aliphatic carbocycles. The van der Waals surface area contributed by atoms with Crippen molar-refractivity contribution in [3.05, 3.63) is 101 Å². The van der Waals surface area contributed by atoms with E-state index in [1.54, 1.807) is 30.3 Å². The highest BCUT2D eigenvalue weighted by Gasteiger charge is 2.33. The molecular formula is C29H32ClF2N3O4S. The van der Waals surface area contributed by atoms with Crippen molar-refractivity contribution in [2.75, 3.05) is 23.7 Å². The van der Waals surface area contributed by atoms with Crippen LogP contribution in [0, 0.1) is 17.6 Å². The average molecular weight is 592 g/mol. The Hall–Kier alpha value is -3.50. The molecule has 0 saturated carbocycles. The topological polar surface area (TPSA) is 86.8 Å². The molecule has 0 aromatic heterocycles. The summed E-state index contributed by atoms with van der Waals surface area (Å²) in [6.45, 7) is 3.17. The van der Waals surface area contributed by atoms with Crippen molar-refractivity contribution in [1.82, 2.24) is 10.2 Å². The molecule has 0 aliphatic rings. The highest BCUT2D eigenvalue weighted by atomic mass is 35.5. The van der Waals surface area contributed by atoms with E-state index in [0.29, 0.717) is 6.54 Å². The number of rotatable bonds is 12. The molecule has 11 heteroatoms. The summed E-state index contributed by atoms with van der Waals surface area (Å²) in [5, 5.41) is 2.53. The lowest BCUT2D eigenvalue weighted by molar-refractivity contribution is -0.140. The van der Waals surface area contributed by atoms with Gasteiger partial charge in [0.05, 0.1) is 17.0 Å². The average Bonchev–Trinajstić information content (AvgIpc) is 2.90. The smallest absolute Gasteiger partial charge is 0.244 e. The minimum atomic E-state index is -4.05. The number of nitrogens with zero attached hydrogens (tertiary/aromatic N) is 2. The monoisotopic (exact) mass is 591 g/mol. The first-order valence-corrected chi connectivity index (χ1v) is 14.9. The second-order valence-corrected chi connectivity index (χ2v) is 12.1. The molecule has 2 amide bonds. The Kier molecular flexibility index (Phi) is 10.6. The minimum Gasteiger partial charge on any atom is -0.354 e. The summed E-state index contributed by atoms with van der Waals surface area (Å²) in [6, 6.07) is 17.1. The largest absolute Gasteiger partial charge is 0.354 e. The number of hydrogen-bond acceptors (Lipinski definition) is 4. The Bertz CT molecular complexity index is 1440. The van der Waals surface area contributed by atoms with Crippen LogP contribution in [0.15, 0.2) is 72.8 Å². The van der Waals surface area contributed by atoms with Crippen LogP contribution in [0.4, 0.5) is 14.5 Å². The summed E-state index contributed by atoms with van der Waals surface area (Å²) in [5.74, 6) is -2.42. The van der Waals surface area contributed by atoms with Gasteiger partial charge in [-0.3, -0.25) is 13.9 Å². The molecule has 0 bridgehead atoms. The molecule has 3 rings (SSSR count). The molecule has 40 heavy (non-hydrogen) atoms. The van der Waals surface area contributed by atoms with Crippen LogP contribution in [0.25, 0.3) is 0 Å². The van der Waals surface area contributed by atoms with E-state index in [-0.39, 0.29) is 35.2 Å². The van der Waals surface area contributed by atoms with Crippen molar-refractivity contribution in [3.63, 3.8) is 0 Å². The maximum Gasteiger partial charge on any atom is 0.244 e. The lowest BCUT2D eigenvalue weighted by Crippen LogP contribution is -2.53. The first-order valence-electron chi connectivity index (χ1n) is 12.6. The number of carbonyl (C=O) groups is 2. The number of sulfonamides is 1. The summed E-state index contributed by atoms with van der Waals surface area (Å²) >= 11 is 5.89. The van der Waals surface area contributed by atoms with Crippen LogP contribution >= 0.6 is 11.6 Å². The molecule has 0 saturated heterocycles. The SMILES string of the molecule is CC(C)CNC(=O)[C@H](Cc1ccccc1)N(Cc1ccccc1F)C(=O)CN(c1ccc(F)c(Cl)c1)S(C)(=O)=O. The second-order valence-electron chi connectivity index (χ2n) is 9.83. The highest BCUT2D eigenvalue weighted by Crippen LogP contribution is 2.25. The lowest BCUT2D eigenvalue weighted by atomic mass is 10.0. The van der Waals surface area contributed by atoms with Gasteiger partial charge < -0.3 is 10.2 Å². The van der Waals surface area contributed by atoms with Crippen molar-refractivity contribution >= 4 is 39.1 Å². The maximum absolute atomic E-state index is 14.8. The van der Waals surface area contributed by atoms with Crippen molar-refractivity contribution in [2.24, 2.45) is 5.92 Å². The van der Waals surface area contributed by atoms with Crippen LogP contribution in [-0.2, 0) is 32.6 Å². The van der Waals surface area contributed by atoms with E-state index in [9.17, 15) is 26.8 Å². The van der Waals surface area contributed by atoms with E-state index in [2.05, 4.69) is 5.32 Å². The van der Waals surface area contributed by atoms with Crippen LogP contribution in [0.5, 0.6) is 0 Å². The zero-order chi connectivity index (χ0) is 29.4. The molecule has 0 radical (unpaired) electrons. The number of halogens is 3. The summed E-state index contributed by atoms with van der Waals surface area (Å²) < 4.78 is 54.8. The van der Waals surface area contributed by atoms with E-state index in [1.165, 1.54) is 29.2 Å². The fourth-order valence-corrected chi connectivity index (χ4v) is 5.06. The third-order valence-electron chi connectivity index (χ3n) is 6.12. The van der Waals surface area contributed by atoms with Gasteiger partial charge in [0.25, 0.3) is 0 Å². The number of hydrogen-bond donors (Lipinski definition) is 1. The van der Waals surface area contributed by atoms with Gasteiger partial charge in [0.1, 0.15) is 24.2 Å². The van der Waals surface area contributed by atoms with E-state index >= 15 is 0 Å². The van der Waals surface area contributed by atoms with E-state index in [1.807, 2.05) is 19.9 Å². The summed E-state index contributed by atoms with van der Waals surface area (Å²) in [7, 11) is -4.05. The summed E-state index contributed by atoms with van der Waals surface area (Å²) in [6.07, 6.45) is 1.00. The quantitative estimate of drug-likeness (QED) is 0.328.